The van der Waals surface area contributed by atoms with Gasteiger partial charge in [0.15, 0.2) is 0 Å². The Hall–Kier alpha value is -4.99. The molecule has 58 heavy (non-hydrogen) atoms. The molecule has 2 N–H and O–H groups in total. The van der Waals surface area contributed by atoms with Crippen LogP contribution in [0.4, 0.5) is 17.1 Å². The molecule has 1 unspecified atom stereocenters. The zero-order valence-corrected chi connectivity index (χ0v) is 34.8. The van der Waals surface area contributed by atoms with Crippen molar-refractivity contribution in [2.24, 2.45) is 0 Å². The summed E-state index contributed by atoms with van der Waals surface area (Å²) in [6, 6.07) is 33.4. The Morgan fingerprint density at radius 1 is 1.00 bits per heavy atom. The molecule has 1 aromatic heterocycles. The van der Waals surface area contributed by atoms with Crippen LogP contribution in [0, 0.1) is 10.1 Å². The highest BCUT2D eigenvalue weighted by molar-refractivity contribution is 7.99. The van der Waals surface area contributed by atoms with Gasteiger partial charge in [-0.25, -0.2) is 18.1 Å². The Morgan fingerprint density at radius 2 is 1.76 bits per heavy atom. The summed E-state index contributed by atoms with van der Waals surface area (Å²) in [5.74, 6) is -0.267. The molecule has 0 bridgehead atoms. The molecule has 1 saturated heterocycles. The first-order valence-electron chi connectivity index (χ1n) is 19.2. The van der Waals surface area contributed by atoms with E-state index in [2.05, 4.69) is 49.1 Å². The lowest BCUT2D eigenvalue weighted by Gasteiger charge is -2.46. The van der Waals surface area contributed by atoms with Gasteiger partial charge in [0.1, 0.15) is 11.4 Å². The number of thioether (sulfide) groups is 1. The highest BCUT2D eigenvalue weighted by Crippen LogP contribution is 2.34. The number of anilines is 2. The van der Waals surface area contributed by atoms with E-state index >= 15 is 0 Å². The highest BCUT2D eigenvalue weighted by Gasteiger charge is 2.33. The topological polar surface area (TPSA) is 141 Å². The lowest BCUT2D eigenvalue weighted by molar-refractivity contribution is -0.384. The molecule has 5 aromatic rings. The number of hydrogen-bond donors (Lipinski definition) is 2. The highest BCUT2D eigenvalue weighted by atomic mass is 35.5. The number of hydrogen-bond acceptors (Lipinski definition) is 11. The summed E-state index contributed by atoms with van der Waals surface area (Å²) in [5, 5.41) is 16.2. The Bertz CT molecular complexity index is 2370. The van der Waals surface area contributed by atoms with E-state index in [9.17, 15) is 23.3 Å². The van der Waals surface area contributed by atoms with Gasteiger partial charge in [-0.2, -0.15) is 0 Å². The molecule has 1 fully saturated rings. The van der Waals surface area contributed by atoms with Gasteiger partial charge in [0, 0.05) is 60.0 Å². The van der Waals surface area contributed by atoms with E-state index in [4.69, 9.17) is 11.6 Å². The van der Waals surface area contributed by atoms with Crippen molar-refractivity contribution in [1.29, 1.82) is 0 Å². The number of halogens is 1. The second-order valence-electron chi connectivity index (χ2n) is 14.9. The molecular weight excluding hydrogens is 794 g/mol. The van der Waals surface area contributed by atoms with E-state index in [1.165, 1.54) is 29.3 Å². The molecule has 0 radical (unpaired) electrons. The normalized spacial score (nSPS) is 16.0. The predicted molar refractivity (Wildman–Crippen MR) is 231 cm³/mol. The fourth-order valence-corrected chi connectivity index (χ4v) is 9.64. The minimum absolute atomic E-state index is 0.0364. The van der Waals surface area contributed by atoms with Crippen molar-refractivity contribution in [3.8, 4) is 11.1 Å². The van der Waals surface area contributed by atoms with Crippen LogP contribution in [0.15, 0.2) is 119 Å². The number of pyridine rings is 1. The number of rotatable bonds is 15. The number of benzene rings is 4. The van der Waals surface area contributed by atoms with E-state index in [-0.39, 0.29) is 23.5 Å². The molecule has 15 heteroatoms. The van der Waals surface area contributed by atoms with Gasteiger partial charge in [0.05, 0.1) is 21.2 Å². The molecule has 7 rings (SSSR count). The van der Waals surface area contributed by atoms with Crippen LogP contribution in [0.1, 0.15) is 34.6 Å². The summed E-state index contributed by atoms with van der Waals surface area (Å²) < 4.78 is 29.1. The average Bonchev–Trinajstić information content (AvgIpc) is 3.22. The van der Waals surface area contributed by atoms with Crippen LogP contribution in [0.25, 0.3) is 11.1 Å². The van der Waals surface area contributed by atoms with Gasteiger partial charge in [-0.05, 0) is 105 Å². The summed E-state index contributed by atoms with van der Waals surface area (Å²) >= 11 is 7.78. The first-order chi connectivity index (χ1) is 27.9. The van der Waals surface area contributed by atoms with Crippen LogP contribution in [0.2, 0.25) is 5.02 Å². The standard InChI is InChI=1S/C43H46ClN7O5S2/c1-48(2)23-22-33(29-57-35-9-4-3-5-10-35)45-39-19-17-36(26-42(39)51(53)54)58(55,56)47-43(52)40-20-21-41-38(46-40)18-16-34-28-49(24-25-50(34)41)27-31-8-6-7-11-37(31)30-12-14-32(44)15-13-30/h3-15,17,19-21,26,33-34,45H,16,18,22-25,27-29H2,1-2H3,(H,47,52)/t33-,34?/m1/s1. The fourth-order valence-electron chi connectivity index (χ4n) is 7.54. The molecule has 0 spiro atoms. The SMILES string of the molecule is CN(C)CC[C@H](CSc1ccccc1)Nc1ccc(S(=O)(=O)NC(=O)c2ccc3c(n2)CCC2CN(Cc4ccccc4-c4ccc(Cl)cc4)CCN32)cc1[N+](=O)[O-]. The second-order valence-corrected chi connectivity index (χ2v) is 18.1. The number of carbonyl (C=O) groups excluding carboxylic acids is 1. The van der Waals surface area contributed by atoms with Crippen LogP contribution in [-0.2, 0) is 23.0 Å². The Balaban J connectivity index is 1.000. The van der Waals surface area contributed by atoms with Crippen molar-refractivity contribution in [1.82, 2.24) is 19.5 Å². The van der Waals surface area contributed by atoms with E-state index < -0.39 is 31.4 Å². The molecular formula is C43H46ClN7O5S2. The Morgan fingerprint density at radius 3 is 2.52 bits per heavy atom. The van der Waals surface area contributed by atoms with E-state index in [0.717, 1.165) is 67.1 Å². The largest absolute Gasteiger partial charge is 0.376 e. The van der Waals surface area contributed by atoms with Crippen molar-refractivity contribution < 1.29 is 18.1 Å². The van der Waals surface area contributed by atoms with E-state index in [1.54, 1.807) is 11.8 Å². The van der Waals surface area contributed by atoms with Crippen LogP contribution >= 0.6 is 23.4 Å². The third-order valence-electron chi connectivity index (χ3n) is 10.5. The number of nitrogens with one attached hydrogen (secondary N) is 2. The van der Waals surface area contributed by atoms with Gasteiger partial charge < -0.3 is 15.1 Å². The average molecular weight is 840 g/mol. The third-order valence-corrected chi connectivity index (χ3v) is 13.3. The number of sulfonamides is 1. The maximum atomic E-state index is 13.5. The van der Waals surface area contributed by atoms with Crippen LogP contribution < -0.4 is 14.9 Å². The molecule has 3 heterocycles. The number of nitrogens with zero attached hydrogens (tertiary/aromatic N) is 5. The predicted octanol–water partition coefficient (Wildman–Crippen LogP) is 7.59. The summed E-state index contributed by atoms with van der Waals surface area (Å²) in [4.78, 5) is 37.1. The van der Waals surface area contributed by atoms with Crippen LogP contribution in [0.3, 0.4) is 0 Å². The third kappa shape index (κ3) is 9.99. The zero-order chi connectivity index (χ0) is 40.8. The molecule has 0 saturated carbocycles. The monoisotopic (exact) mass is 839 g/mol. The maximum Gasteiger partial charge on any atom is 0.293 e. The summed E-state index contributed by atoms with van der Waals surface area (Å²) in [6.45, 7) is 4.06. The Labute approximate surface area is 348 Å². The summed E-state index contributed by atoms with van der Waals surface area (Å²) in [5.41, 5.74) is 5.02. The van der Waals surface area contributed by atoms with Gasteiger partial charge in [-0.1, -0.05) is 66.2 Å². The van der Waals surface area contributed by atoms with Crippen molar-refractivity contribution in [3.63, 3.8) is 0 Å². The second kappa shape index (κ2) is 18.3. The van der Waals surface area contributed by atoms with Crippen LogP contribution in [-0.4, -0.2) is 92.1 Å². The number of carbonyl (C=O) groups is 1. The summed E-state index contributed by atoms with van der Waals surface area (Å²) in [7, 11) is -0.558. The van der Waals surface area contributed by atoms with Gasteiger partial charge in [0.25, 0.3) is 21.6 Å². The number of nitro groups is 1. The fraction of sp³-hybridized carbons (Fsp3) is 0.302. The van der Waals surface area contributed by atoms with Gasteiger partial charge in [-0.15, -0.1) is 11.8 Å². The van der Waals surface area contributed by atoms with E-state index in [1.807, 2.05) is 79.7 Å². The van der Waals surface area contributed by atoms with Crippen molar-refractivity contribution in [2.45, 2.75) is 47.7 Å². The lowest BCUT2D eigenvalue weighted by atomic mass is 9.95. The maximum absolute atomic E-state index is 13.5. The van der Waals surface area contributed by atoms with Crippen molar-refractivity contribution in [3.05, 3.63) is 141 Å². The number of piperazine rings is 1. The molecule has 302 valence electrons. The summed E-state index contributed by atoms with van der Waals surface area (Å²) in [6.07, 6.45) is 2.18. The first-order valence-corrected chi connectivity index (χ1v) is 22.1. The van der Waals surface area contributed by atoms with Gasteiger partial charge in [0.2, 0.25) is 0 Å². The smallest absolute Gasteiger partial charge is 0.293 e. The van der Waals surface area contributed by atoms with Crippen molar-refractivity contribution >= 4 is 56.4 Å². The molecule has 1 amide bonds. The number of amides is 1. The molecule has 2 atom stereocenters. The number of aromatic nitrogens is 1. The number of fused-ring (bicyclic) bond motifs is 3. The Kier molecular flexibility index (Phi) is 13.0. The molecule has 0 aliphatic carbocycles. The van der Waals surface area contributed by atoms with Gasteiger partial charge in [-0.3, -0.25) is 19.8 Å². The van der Waals surface area contributed by atoms with Crippen LogP contribution in [0.5, 0.6) is 0 Å². The van der Waals surface area contributed by atoms with E-state index in [0.29, 0.717) is 23.6 Å². The molecule has 4 aromatic carbocycles. The number of nitro benzene ring substituents is 1. The number of aryl methyl sites for hydroxylation is 1. The zero-order valence-electron chi connectivity index (χ0n) is 32.4. The lowest BCUT2D eigenvalue weighted by Crippen LogP contribution is -2.54. The molecule has 2 aliphatic rings. The first kappa shape index (κ1) is 41.2. The van der Waals surface area contributed by atoms with Crippen molar-refractivity contribution in [2.75, 3.05) is 56.2 Å². The van der Waals surface area contributed by atoms with Gasteiger partial charge >= 0.3 is 0 Å². The minimum Gasteiger partial charge on any atom is -0.376 e. The molecule has 2 aliphatic heterocycles. The molecule has 12 nitrogen and oxygen atoms in total. The minimum atomic E-state index is -4.48. The quantitative estimate of drug-likeness (QED) is 0.0612.